The number of piperazine rings is 1. The third-order valence-electron chi connectivity index (χ3n) is 5.84. The third-order valence-corrected chi connectivity index (χ3v) is 6.85. The molecular formula is C22H26IN3O2. The van der Waals surface area contributed by atoms with E-state index < -0.39 is 0 Å². The SMILES string of the molecule is CC(=O)Nc1ccccc1N1CCN([C@@H]2Cc3c(I)cccc3C[C@H]2O)CC1. The molecule has 2 N–H and O–H groups in total. The van der Waals surface area contributed by atoms with Crippen molar-refractivity contribution in [1.82, 2.24) is 4.90 Å². The number of aliphatic hydroxyl groups excluding tert-OH is 1. The summed E-state index contributed by atoms with van der Waals surface area (Å²) in [6.07, 6.45) is 1.34. The Hall–Kier alpha value is -1.64. The fourth-order valence-electron chi connectivity index (χ4n) is 4.44. The van der Waals surface area contributed by atoms with Gasteiger partial charge in [0.25, 0.3) is 0 Å². The van der Waals surface area contributed by atoms with Gasteiger partial charge in [0.2, 0.25) is 5.91 Å². The predicted molar refractivity (Wildman–Crippen MR) is 121 cm³/mol. The quantitative estimate of drug-likeness (QED) is 0.649. The summed E-state index contributed by atoms with van der Waals surface area (Å²) in [5.74, 6) is -0.0512. The minimum absolute atomic E-state index is 0.0512. The number of hydrogen-bond donors (Lipinski definition) is 2. The maximum Gasteiger partial charge on any atom is 0.221 e. The second kappa shape index (κ2) is 8.39. The van der Waals surface area contributed by atoms with Crippen molar-refractivity contribution in [3.8, 4) is 0 Å². The molecule has 148 valence electrons. The number of nitrogens with zero attached hydrogens (tertiary/aromatic N) is 2. The third kappa shape index (κ3) is 4.04. The Morgan fingerprint density at radius 3 is 2.57 bits per heavy atom. The Bertz CT molecular complexity index is 865. The lowest BCUT2D eigenvalue weighted by Crippen LogP contribution is -2.56. The van der Waals surface area contributed by atoms with Crippen molar-refractivity contribution in [2.75, 3.05) is 36.4 Å². The number of nitrogens with one attached hydrogen (secondary N) is 1. The molecule has 0 unspecified atom stereocenters. The molecule has 2 aromatic rings. The zero-order valence-corrected chi connectivity index (χ0v) is 18.2. The molecule has 1 saturated heterocycles. The van der Waals surface area contributed by atoms with Gasteiger partial charge in [0.1, 0.15) is 0 Å². The van der Waals surface area contributed by atoms with Crippen LogP contribution in [0.5, 0.6) is 0 Å². The molecule has 2 atom stereocenters. The first-order chi connectivity index (χ1) is 13.5. The van der Waals surface area contributed by atoms with E-state index in [-0.39, 0.29) is 18.1 Å². The first-order valence-electron chi connectivity index (χ1n) is 9.83. The van der Waals surface area contributed by atoms with Gasteiger partial charge in [-0.2, -0.15) is 0 Å². The Morgan fingerprint density at radius 1 is 1.07 bits per heavy atom. The van der Waals surface area contributed by atoms with Gasteiger partial charge in [-0.05, 0) is 58.3 Å². The lowest BCUT2D eigenvalue weighted by Gasteiger charge is -2.44. The monoisotopic (exact) mass is 491 g/mol. The zero-order valence-electron chi connectivity index (χ0n) is 16.1. The van der Waals surface area contributed by atoms with Crippen molar-refractivity contribution in [3.05, 3.63) is 57.2 Å². The number of benzene rings is 2. The fraction of sp³-hybridized carbons (Fsp3) is 0.409. The van der Waals surface area contributed by atoms with Gasteiger partial charge in [0, 0.05) is 49.1 Å². The van der Waals surface area contributed by atoms with E-state index in [4.69, 9.17) is 0 Å². The maximum absolute atomic E-state index is 11.5. The van der Waals surface area contributed by atoms with Crippen LogP contribution < -0.4 is 10.2 Å². The van der Waals surface area contributed by atoms with Crippen LogP contribution in [0.25, 0.3) is 0 Å². The lowest BCUT2D eigenvalue weighted by atomic mass is 9.85. The summed E-state index contributed by atoms with van der Waals surface area (Å²) in [6, 6.07) is 14.5. The normalized spacial score (nSPS) is 22.6. The molecule has 6 heteroatoms. The molecule has 0 bridgehead atoms. The van der Waals surface area contributed by atoms with Crippen LogP contribution in [0.2, 0.25) is 0 Å². The Kier molecular flexibility index (Phi) is 5.89. The van der Waals surface area contributed by atoms with E-state index in [1.165, 1.54) is 14.7 Å². The lowest BCUT2D eigenvalue weighted by molar-refractivity contribution is -0.114. The van der Waals surface area contributed by atoms with Crippen LogP contribution in [0.4, 0.5) is 11.4 Å². The number of hydrogen-bond acceptors (Lipinski definition) is 4. The largest absolute Gasteiger partial charge is 0.391 e. The Labute approximate surface area is 179 Å². The van der Waals surface area contributed by atoms with E-state index in [0.717, 1.165) is 50.4 Å². The standard InChI is InChI=1S/C22H26IN3O2/c1-15(27)24-19-7-2-3-8-20(19)25-9-11-26(12-10-25)21-14-17-16(13-22(21)28)5-4-6-18(17)23/h2-8,21-22,28H,9-14H2,1H3,(H,24,27)/t21-,22-/m1/s1. The molecule has 1 aliphatic carbocycles. The van der Waals surface area contributed by atoms with E-state index in [1.54, 1.807) is 6.92 Å². The highest BCUT2D eigenvalue weighted by molar-refractivity contribution is 14.1. The summed E-state index contributed by atoms with van der Waals surface area (Å²) >= 11 is 2.41. The first kappa shape index (κ1) is 19.7. The van der Waals surface area contributed by atoms with E-state index in [2.05, 4.69) is 62.0 Å². The van der Waals surface area contributed by atoms with Crippen LogP contribution in [0.1, 0.15) is 18.1 Å². The highest BCUT2D eigenvalue weighted by Crippen LogP contribution is 2.31. The van der Waals surface area contributed by atoms with Gasteiger partial charge in [0.05, 0.1) is 17.5 Å². The number of para-hydroxylation sites is 2. The van der Waals surface area contributed by atoms with Crippen LogP contribution in [-0.4, -0.2) is 54.2 Å². The average molecular weight is 491 g/mol. The molecule has 1 fully saturated rings. The van der Waals surface area contributed by atoms with Crippen LogP contribution in [0.15, 0.2) is 42.5 Å². The topological polar surface area (TPSA) is 55.8 Å². The number of halogens is 1. The first-order valence-corrected chi connectivity index (χ1v) is 10.9. The summed E-state index contributed by atoms with van der Waals surface area (Å²) < 4.78 is 1.30. The van der Waals surface area contributed by atoms with Crippen LogP contribution in [-0.2, 0) is 17.6 Å². The summed E-state index contributed by atoms with van der Waals surface area (Å²) in [6.45, 7) is 5.14. The van der Waals surface area contributed by atoms with Gasteiger partial charge in [-0.3, -0.25) is 9.69 Å². The number of rotatable bonds is 3. The summed E-state index contributed by atoms with van der Waals surface area (Å²) in [4.78, 5) is 16.3. The van der Waals surface area contributed by atoms with Crippen molar-refractivity contribution in [3.63, 3.8) is 0 Å². The predicted octanol–water partition coefficient (Wildman–Crippen LogP) is 2.90. The number of anilines is 2. The van der Waals surface area contributed by atoms with Gasteiger partial charge in [-0.1, -0.05) is 24.3 Å². The molecule has 28 heavy (non-hydrogen) atoms. The number of carbonyl (C=O) groups excluding carboxylic acids is 1. The molecule has 2 aromatic carbocycles. The highest BCUT2D eigenvalue weighted by atomic mass is 127. The minimum Gasteiger partial charge on any atom is -0.391 e. The zero-order chi connectivity index (χ0) is 19.7. The summed E-state index contributed by atoms with van der Waals surface area (Å²) in [5.41, 5.74) is 4.63. The molecule has 0 radical (unpaired) electrons. The van der Waals surface area contributed by atoms with E-state index >= 15 is 0 Å². The molecule has 0 spiro atoms. The summed E-state index contributed by atoms with van der Waals surface area (Å²) in [5, 5.41) is 13.7. The van der Waals surface area contributed by atoms with Crippen LogP contribution in [0, 0.1) is 3.57 Å². The number of fused-ring (bicyclic) bond motifs is 1. The maximum atomic E-state index is 11.5. The molecule has 1 aliphatic heterocycles. The highest BCUT2D eigenvalue weighted by Gasteiger charge is 2.34. The molecule has 4 rings (SSSR count). The van der Waals surface area contributed by atoms with E-state index in [0.29, 0.717) is 0 Å². The molecule has 0 aromatic heterocycles. The van der Waals surface area contributed by atoms with Crippen molar-refractivity contribution in [1.29, 1.82) is 0 Å². The minimum atomic E-state index is -0.316. The van der Waals surface area contributed by atoms with Gasteiger partial charge in [-0.15, -0.1) is 0 Å². The van der Waals surface area contributed by atoms with Crippen LogP contribution in [0.3, 0.4) is 0 Å². The second-order valence-corrected chi connectivity index (χ2v) is 8.80. The van der Waals surface area contributed by atoms with Crippen LogP contribution >= 0.6 is 22.6 Å². The molecule has 1 amide bonds. The van der Waals surface area contributed by atoms with Crippen molar-refractivity contribution in [2.45, 2.75) is 31.9 Å². The molecule has 1 heterocycles. The molecular weight excluding hydrogens is 465 g/mol. The van der Waals surface area contributed by atoms with Gasteiger partial charge in [-0.25, -0.2) is 0 Å². The van der Waals surface area contributed by atoms with Crippen molar-refractivity contribution >= 4 is 39.9 Å². The number of amides is 1. The fourth-order valence-corrected chi connectivity index (χ4v) is 5.22. The Morgan fingerprint density at radius 2 is 1.82 bits per heavy atom. The second-order valence-electron chi connectivity index (χ2n) is 7.64. The smallest absolute Gasteiger partial charge is 0.221 e. The molecule has 0 saturated carbocycles. The summed E-state index contributed by atoms with van der Waals surface area (Å²) in [7, 11) is 0. The molecule has 5 nitrogen and oxygen atoms in total. The van der Waals surface area contributed by atoms with E-state index in [9.17, 15) is 9.90 Å². The van der Waals surface area contributed by atoms with E-state index in [1.807, 2.05) is 18.2 Å². The Balaban J connectivity index is 1.45. The van der Waals surface area contributed by atoms with Gasteiger partial charge in [0.15, 0.2) is 0 Å². The van der Waals surface area contributed by atoms with Crippen molar-refractivity contribution in [2.24, 2.45) is 0 Å². The number of aliphatic hydroxyl groups is 1. The number of carbonyl (C=O) groups is 1. The van der Waals surface area contributed by atoms with Gasteiger partial charge < -0.3 is 15.3 Å². The van der Waals surface area contributed by atoms with Gasteiger partial charge >= 0.3 is 0 Å². The molecule has 2 aliphatic rings. The average Bonchev–Trinajstić information content (AvgIpc) is 2.68. The van der Waals surface area contributed by atoms with Crippen molar-refractivity contribution < 1.29 is 9.90 Å².